The normalized spacial score (nSPS) is 7.20. The van der Waals surface area contributed by atoms with Gasteiger partial charge in [0.1, 0.15) is 0 Å². The molecule has 5 N–H and O–H groups in total. The van der Waals surface area contributed by atoms with E-state index < -0.39 is 11.9 Å². The molecule has 0 fully saturated rings. The van der Waals surface area contributed by atoms with Gasteiger partial charge in [0.2, 0.25) is 0 Å². The summed E-state index contributed by atoms with van der Waals surface area (Å²) in [7, 11) is 1.50. The maximum absolute atomic E-state index is 10.1. The smallest absolute Gasteiger partial charge is 0.436 e. The molecule has 0 saturated carbocycles. The van der Waals surface area contributed by atoms with Gasteiger partial charge < -0.3 is 10.5 Å². The second-order valence-corrected chi connectivity index (χ2v) is 1.14. The molecule has 0 atom stereocenters. The molecule has 0 unspecified atom stereocenters. The van der Waals surface area contributed by atoms with Crippen molar-refractivity contribution < 1.29 is 20.1 Å². The highest BCUT2D eigenvalue weighted by molar-refractivity contribution is 6.27. The Bertz CT molecular complexity index is 113. The quantitative estimate of drug-likeness (QED) is 0.329. The second-order valence-electron chi connectivity index (χ2n) is 1.14. The van der Waals surface area contributed by atoms with Crippen LogP contribution in [-0.2, 0) is 14.3 Å². The Hall–Kier alpha value is -0.940. The number of rotatable bonds is 1. The minimum Gasteiger partial charge on any atom is -0.456 e. The largest absolute Gasteiger partial charge is 0.456 e. The summed E-state index contributed by atoms with van der Waals surface area (Å²) >= 11 is 0. The van der Waals surface area contributed by atoms with E-state index in [2.05, 4.69) is 16.2 Å². The topological polar surface area (TPSA) is 97.0 Å². The van der Waals surface area contributed by atoms with Crippen LogP contribution in [0.1, 0.15) is 6.92 Å². The standard InChI is InChI=1S/C4H7NO3.CH5N/c1-2-8-4(7)3(5)6;1-2/h2H2,1H3,(H2,5,6);2H2,1H3/p+1. The van der Waals surface area contributed by atoms with E-state index >= 15 is 0 Å². The van der Waals surface area contributed by atoms with Crippen molar-refractivity contribution in [2.75, 3.05) is 13.7 Å². The molecule has 5 nitrogen and oxygen atoms in total. The SMILES string of the molecule is CCOC(=O)C([NH3+])=O.CN. The predicted octanol–water partition coefficient (Wildman–Crippen LogP) is -2.11. The van der Waals surface area contributed by atoms with E-state index in [-0.39, 0.29) is 6.61 Å². The van der Waals surface area contributed by atoms with Crippen LogP contribution in [0.25, 0.3) is 0 Å². The summed E-state index contributed by atoms with van der Waals surface area (Å²) in [5.74, 6) is -1.67. The highest BCUT2D eigenvalue weighted by Gasteiger charge is 2.11. The number of ether oxygens (including phenoxy) is 1. The minimum atomic E-state index is -0.868. The maximum atomic E-state index is 10.1. The van der Waals surface area contributed by atoms with E-state index in [0.29, 0.717) is 0 Å². The number of amides is 1. The maximum Gasteiger partial charge on any atom is 0.436 e. The molecular formula is C5H13N2O3+. The third kappa shape index (κ3) is 7.06. The average molecular weight is 149 g/mol. The molecule has 0 aliphatic carbocycles. The van der Waals surface area contributed by atoms with Crippen LogP contribution in [0.5, 0.6) is 0 Å². The Morgan fingerprint density at radius 3 is 2.00 bits per heavy atom. The Kier molecular flexibility index (Phi) is 9.52. The molecule has 0 aliphatic rings. The Balaban J connectivity index is 0. The Morgan fingerprint density at radius 2 is 1.90 bits per heavy atom. The number of nitrogens with two attached hydrogens (primary N) is 1. The fraction of sp³-hybridized carbons (Fsp3) is 0.600. The molecule has 0 saturated heterocycles. The van der Waals surface area contributed by atoms with Crippen LogP contribution >= 0.6 is 0 Å². The molecular weight excluding hydrogens is 136 g/mol. The molecule has 1 amide bonds. The minimum absolute atomic E-state index is 0.222. The number of hydrogen-bond acceptors (Lipinski definition) is 4. The number of carbonyl (C=O) groups is 2. The van der Waals surface area contributed by atoms with Gasteiger partial charge in [0, 0.05) is 0 Å². The van der Waals surface area contributed by atoms with Crippen molar-refractivity contribution in [2.45, 2.75) is 6.92 Å². The van der Waals surface area contributed by atoms with Gasteiger partial charge in [-0.25, -0.2) is 9.59 Å². The lowest BCUT2D eigenvalue weighted by atomic mass is 10.6. The highest BCUT2D eigenvalue weighted by Crippen LogP contribution is 1.71. The lowest BCUT2D eigenvalue weighted by Crippen LogP contribution is -2.61. The van der Waals surface area contributed by atoms with E-state index in [0.717, 1.165) is 0 Å². The van der Waals surface area contributed by atoms with Gasteiger partial charge in [-0.05, 0) is 14.0 Å². The van der Waals surface area contributed by atoms with Crippen molar-refractivity contribution in [3.05, 3.63) is 0 Å². The monoisotopic (exact) mass is 149 g/mol. The van der Waals surface area contributed by atoms with Crippen molar-refractivity contribution in [3.63, 3.8) is 0 Å². The molecule has 0 bridgehead atoms. The summed E-state index contributed by atoms with van der Waals surface area (Å²) in [6.45, 7) is 1.85. The van der Waals surface area contributed by atoms with E-state index in [1.807, 2.05) is 0 Å². The van der Waals surface area contributed by atoms with Crippen molar-refractivity contribution in [1.82, 2.24) is 0 Å². The van der Waals surface area contributed by atoms with Gasteiger partial charge in [-0.1, -0.05) is 0 Å². The second kappa shape index (κ2) is 8.06. The van der Waals surface area contributed by atoms with Crippen molar-refractivity contribution in [2.24, 2.45) is 5.73 Å². The molecule has 60 valence electrons. The molecule has 0 rings (SSSR count). The zero-order valence-corrected chi connectivity index (χ0v) is 6.22. The van der Waals surface area contributed by atoms with Gasteiger partial charge in [0.15, 0.2) is 0 Å². The predicted molar refractivity (Wildman–Crippen MR) is 34.6 cm³/mol. The van der Waals surface area contributed by atoms with Gasteiger partial charge in [0.25, 0.3) is 0 Å². The van der Waals surface area contributed by atoms with Crippen molar-refractivity contribution >= 4 is 11.9 Å². The lowest BCUT2D eigenvalue weighted by Gasteiger charge is -1.90. The van der Waals surface area contributed by atoms with E-state index in [1.165, 1.54) is 7.05 Å². The fourth-order valence-electron chi connectivity index (χ4n) is 0.212. The molecule has 0 heterocycles. The van der Waals surface area contributed by atoms with Crippen molar-refractivity contribution in [3.8, 4) is 0 Å². The molecule has 0 aromatic carbocycles. The molecule has 10 heavy (non-hydrogen) atoms. The van der Waals surface area contributed by atoms with Crippen molar-refractivity contribution in [1.29, 1.82) is 0 Å². The first kappa shape index (κ1) is 11.8. The van der Waals surface area contributed by atoms with E-state index in [4.69, 9.17) is 0 Å². The zero-order chi connectivity index (χ0) is 8.57. The third-order valence-electron chi connectivity index (χ3n) is 0.503. The first-order valence-electron chi connectivity index (χ1n) is 2.79. The fourth-order valence-corrected chi connectivity index (χ4v) is 0.212. The van der Waals surface area contributed by atoms with Crippen LogP contribution in [0, 0.1) is 0 Å². The van der Waals surface area contributed by atoms with Gasteiger partial charge in [-0.15, -0.1) is 0 Å². The van der Waals surface area contributed by atoms with Crippen LogP contribution in [0.4, 0.5) is 0 Å². The van der Waals surface area contributed by atoms with Gasteiger partial charge in [0.05, 0.1) is 6.61 Å². The summed E-state index contributed by atoms with van der Waals surface area (Å²) < 4.78 is 4.25. The van der Waals surface area contributed by atoms with Gasteiger partial charge in [-0.2, -0.15) is 0 Å². The molecule has 0 radical (unpaired) electrons. The highest BCUT2D eigenvalue weighted by atomic mass is 16.5. The van der Waals surface area contributed by atoms with Crippen LogP contribution in [0.2, 0.25) is 0 Å². The summed E-state index contributed by atoms with van der Waals surface area (Å²) in [5.41, 5.74) is 7.34. The Labute approximate surface area is 59.3 Å². The molecule has 0 aromatic rings. The molecule has 0 spiro atoms. The number of hydrogen-bond donors (Lipinski definition) is 2. The first-order chi connectivity index (χ1) is 4.68. The zero-order valence-electron chi connectivity index (χ0n) is 6.22. The summed E-state index contributed by atoms with van der Waals surface area (Å²) in [4.78, 5) is 20.1. The van der Waals surface area contributed by atoms with Crippen LogP contribution in [0.15, 0.2) is 0 Å². The number of quaternary nitrogens is 1. The van der Waals surface area contributed by atoms with Gasteiger partial charge in [-0.3, -0.25) is 5.73 Å². The van der Waals surface area contributed by atoms with Crippen LogP contribution in [-0.4, -0.2) is 25.5 Å². The van der Waals surface area contributed by atoms with Crippen LogP contribution < -0.4 is 11.5 Å². The van der Waals surface area contributed by atoms with Gasteiger partial charge >= 0.3 is 11.9 Å². The Morgan fingerprint density at radius 1 is 1.50 bits per heavy atom. The summed E-state index contributed by atoms with van der Waals surface area (Å²) in [5, 5.41) is 0. The number of carbonyl (C=O) groups excluding carboxylic acids is 2. The van der Waals surface area contributed by atoms with Crippen LogP contribution in [0.3, 0.4) is 0 Å². The number of esters is 1. The molecule has 0 aliphatic heterocycles. The molecule has 5 heteroatoms. The third-order valence-corrected chi connectivity index (χ3v) is 0.503. The van der Waals surface area contributed by atoms with E-state index in [9.17, 15) is 9.59 Å². The summed E-state index contributed by atoms with van der Waals surface area (Å²) in [6.07, 6.45) is 0. The summed E-state index contributed by atoms with van der Waals surface area (Å²) in [6, 6.07) is 0. The lowest BCUT2D eigenvalue weighted by molar-refractivity contribution is -0.303. The average Bonchev–Trinajstić information content (AvgIpc) is 1.93. The molecule has 0 aromatic heterocycles. The first-order valence-corrected chi connectivity index (χ1v) is 2.79. The van der Waals surface area contributed by atoms with E-state index in [1.54, 1.807) is 6.92 Å².